The Labute approximate surface area is 109 Å². The van der Waals surface area contributed by atoms with Crippen LogP contribution < -0.4 is 0 Å². The van der Waals surface area contributed by atoms with Crippen LogP contribution in [0.2, 0.25) is 0 Å². The van der Waals surface area contributed by atoms with Gasteiger partial charge in [-0.1, -0.05) is 30.3 Å². The van der Waals surface area contributed by atoms with Crippen molar-refractivity contribution < 1.29 is 4.74 Å². The molecule has 0 atom stereocenters. The minimum atomic E-state index is 0.300. The minimum absolute atomic E-state index is 0.300. The molecule has 2 rings (SSSR count). The highest BCUT2D eigenvalue weighted by atomic mass is 16.5. The van der Waals surface area contributed by atoms with Crippen LogP contribution in [0.5, 0.6) is 0 Å². The van der Waals surface area contributed by atoms with Gasteiger partial charge in [-0.05, 0) is 38.0 Å². The smallest absolute Gasteiger partial charge is 0.0649 e. The van der Waals surface area contributed by atoms with Crippen molar-refractivity contribution in [1.82, 2.24) is 4.57 Å². The van der Waals surface area contributed by atoms with E-state index in [1.54, 1.807) is 0 Å². The summed E-state index contributed by atoms with van der Waals surface area (Å²) in [6.45, 7) is 7.95. The molecule has 1 aromatic heterocycles. The van der Waals surface area contributed by atoms with Crippen LogP contribution >= 0.6 is 0 Å². The third-order valence-electron chi connectivity index (χ3n) is 3.00. The molecule has 0 spiro atoms. The molecule has 1 heterocycles. The fourth-order valence-corrected chi connectivity index (χ4v) is 2.03. The largest absolute Gasteiger partial charge is 0.377 e. The lowest BCUT2D eigenvalue weighted by molar-refractivity contribution is 0.0725. The van der Waals surface area contributed by atoms with Gasteiger partial charge in [0.1, 0.15) is 0 Å². The molecule has 2 nitrogen and oxygen atoms in total. The SMILES string of the molecule is Cc1cc(-c2ccccc2)cn1CCOC(C)C. The Kier molecular flexibility index (Phi) is 4.21. The third-order valence-corrected chi connectivity index (χ3v) is 3.00. The molecule has 0 aliphatic rings. The molecule has 0 saturated heterocycles. The molecule has 2 heteroatoms. The third kappa shape index (κ3) is 3.23. The van der Waals surface area contributed by atoms with Crippen molar-refractivity contribution in [3.05, 3.63) is 48.3 Å². The van der Waals surface area contributed by atoms with E-state index in [4.69, 9.17) is 4.74 Å². The molecule has 0 amide bonds. The maximum atomic E-state index is 5.59. The van der Waals surface area contributed by atoms with Crippen LogP contribution in [0.4, 0.5) is 0 Å². The van der Waals surface area contributed by atoms with Gasteiger partial charge in [-0.2, -0.15) is 0 Å². The number of aryl methyl sites for hydroxylation is 1. The lowest BCUT2D eigenvalue weighted by atomic mass is 10.1. The Bertz CT molecular complexity index is 485. The number of nitrogens with zero attached hydrogens (tertiary/aromatic N) is 1. The van der Waals surface area contributed by atoms with E-state index in [1.807, 2.05) is 6.07 Å². The lowest BCUT2D eigenvalue weighted by Gasteiger charge is -2.09. The normalized spacial score (nSPS) is 11.1. The maximum Gasteiger partial charge on any atom is 0.0649 e. The van der Waals surface area contributed by atoms with Crippen molar-refractivity contribution in [3.8, 4) is 11.1 Å². The molecular formula is C16H21NO. The van der Waals surface area contributed by atoms with E-state index in [9.17, 15) is 0 Å². The fourth-order valence-electron chi connectivity index (χ4n) is 2.03. The molecule has 0 radical (unpaired) electrons. The van der Waals surface area contributed by atoms with Crippen LogP contribution in [-0.2, 0) is 11.3 Å². The maximum absolute atomic E-state index is 5.59. The fraction of sp³-hybridized carbons (Fsp3) is 0.375. The number of ether oxygens (including phenoxy) is 1. The Hall–Kier alpha value is -1.54. The molecule has 1 aromatic carbocycles. The first-order valence-corrected chi connectivity index (χ1v) is 6.50. The molecule has 0 fully saturated rings. The van der Waals surface area contributed by atoms with Crippen molar-refractivity contribution in [3.63, 3.8) is 0 Å². The van der Waals surface area contributed by atoms with Gasteiger partial charge < -0.3 is 9.30 Å². The second-order valence-electron chi connectivity index (χ2n) is 4.85. The monoisotopic (exact) mass is 243 g/mol. The Morgan fingerprint density at radius 1 is 1.11 bits per heavy atom. The van der Waals surface area contributed by atoms with Gasteiger partial charge in [0.25, 0.3) is 0 Å². The van der Waals surface area contributed by atoms with E-state index in [1.165, 1.54) is 16.8 Å². The van der Waals surface area contributed by atoms with Crippen LogP contribution in [0.25, 0.3) is 11.1 Å². The van der Waals surface area contributed by atoms with Crippen LogP contribution in [0.1, 0.15) is 19.5 Å². The van der Waals surface area contributed by atoms with Crippen molar-refractivity contribution >= 4 is 0 Å². The lowest BCUT2D eigenvalue weighted by Crippen LogP contribution is -2.10. The van der Waals surface area contributed by atoms with Gasteiger partial charge in [-0.25, -0.2) is 0 Å². The van der Waals surface area contributed by atoms with Crippen LogP contribution in [0, 0.1) is 6.92 Å². The zero-order valence-corrected chi connectivity index (χ0v) is 11.4. The molecule has 0 bridgehead atoms. The Morgan fingerprint density at radius 3 is 2.50 bits per heavy atom. The summed E-state index contributed by atoms with van der Waals surface area (Å²) in [7, 11) is 0. The highest BCUT2D eigenvalue weighted by Crippen LogP contribution is 2.21. The van der Waals surface area contributed by atoms with Gasteiger partial charge in [0.15, 0.2) is 0 Å². The second-order valence-corrected chi connectivity index (χ2v) is 4.85. The number of rotatable bonds is 5. The summed E-state index contributed by atoms with van der Waals surface area (Å²) in [5, 5.41) is 0. The second kappa shape index (κ2) is 5.87. The average molecular weight is 243 g/mol. The predicted molar refractivity (Wildman–Crippen MR) is 75.7 cm³/mol. The zero-order chi connectivity index (χ0) is 13.0. The molecule has 96 valence electrons. The first kappa shape index (κ1) is 12.9. The number of hydrogen-bond acceptors (Lipinski definition) is 1. The quantitative estimate of drug-likeness (QED) is 0.777. The summed E-state index contributed by atoms with van der Waals surface area (Å²) in [4.78, 5) is 0. The number of benzene rings is 1. The standard InChI is InChI=1S/C16H21NO/c1-13(2)18-10-9-17-12-16(11-14(17)3)15-7-5-4-6-8-15/h4-8,11-13H,9-10H2,1-3H3. The van der Waals surface area contributed by atoms with Crippen molar-refractivity contribution in [2.24, 2.45) is 0 Å². The average Bonchev–Trinajstić information content (AvgIpc) is 2.72. The number of aromatic nitrogens is 1. The van der Waals surface area contributed by atoms with E-state index >= 15 is 0 Å². The molecular weight excluding hydrogens is 222 g/mol. The van der Waals surface area contributed by atoms with E-state index in [2.05, 4.69) is 61.9 Å². The molecule has 0 aliphatic carbocycles. The van der Waals surface area contributed by atoms with Crippen LogP contribution in [0.3, 0.4) is 0 Å². The van der Waals surface area contributed by atoms with Crippen molar-refractivity contribution in [2.75, 3.05) is 6.61 Å². The Balaban J connectivity index is 2.08. The highest BCUT2D eigenvalue weighted by Gasteiger charge is 2.04. The highest BCUT2D eigenvalue weighted by molar-refractivity contribution is 5.63. The first-order valence-electron chi connectivity index (χ1n) is 6.50. The number of hydrogen-bond donors (Lipinski definition) is 0. The summed E-state index contributed by atoms with van der Waals surface area (Å²) >= 11 is 0. The van der Waals surface area contributed by atoms with Gasteiger partial charge in [-0.3, -0.25) is 0 Å². The van der Waals surface area contributed by atoms with Gasteiger partial charge >= 0.3 is 0 Å². The van der Waals surface area contributed by atoms with E-state index in [-0.39, 0.29) is 0 Å². The molecule has 0 unspecified atom stereocenters. The van der Waals surface area contributed by atoms with Crippen molar-refractivity contribution in [2.45, 2.75) is 33.4 Å². The van der Waals surface area contributed by atoms with E-state index in [0.717, 1.165) is 13.2 Å². The summed E-state index contributed by atoms with van der Waals surface area (Å²) in [5.41, 5.74) is 3.82. The molecule has 2 aromatic rings. The summed E-state index contributed by atoms with van der Waals surface area (Å²) in [5.74, 6) is 0. The van der Waals surface area contributed by atoms with Gasteiger partial charge in [-0.15, -0.1) is 0 Å². The van der Waals surface area contributed by atoms with Gasteiger partial charge in [0, 0.05) is 18.4 Å². The van der Waals surface area contributed by atoms with Gasteiger partial charge in [0.05, 0.1) is 12.7 Å². The van der Waals surface area contributed by atoms with E-state index in [0.29, 0.717) is 6.10 Å². The molecule has 0 aliphatic heterocycles. The molecule has 0 N–H and O–H groups in total. The summed E-state index contributed by atoms with van der Waals surface area (Å²) in [6.07, 6.45) is 2.50. The summed E-state index contributed by atoms with van der Waals surface area (Å²) < 4.78 is 7.85. The predicted octanol–water partition coefficient (Wildman–Crippen LogP) is 3.89. The van der Waals surface area contributed by atoms with Crippen LogP contribution in [-0.4, -0.2) is 17.3 Å². The zero-order valence-electron chi connectivity index (χ0n) is 11.4. The topological polar surface area (TPSA) is 14.2 Å². The van der Waals surface area contributed by atoms with E-state index < -0.39 is 0 Å². The molecule has 0 saturated carbocycles. The Morgan fingerprint density at radius 2 is 1.83 bits per heavy atom. The van der Waals surface area contributed by atoms with Gasteiger partial charge in [0.2, 0.25) is 0 Å². The summed E-state index contributed by atoms with van der Waals surface area (Å²) in [6, 6.07) is 12.7. The first-order chi connectivity index (χ1) is 8.66. The molecule has 18 heavy (non-hydrogen) atoms. The van der Waals surface area contributed by atoms with Crippen molar-refractivity contribution in [1.29, 1.82) is 0 Å². The van der Waals surface area contributed by atoms with Crippen LogP contribution in [0.15, 0.2) is 42.6 Å². The minimum Gasteiger partial charge on any atom is -0.377 e.